The van der Waals surface area contributed by atoms with E-state index in [0.29, 0.717) is 37.6 Å². The minimum atomic E-state index is -0.704. The fourth-order valence-electron chi connectivity index (χ4n) is 4.06. The maximum atomic E-state index is 13.1. The minimum Gasteiger partial charge on any atom is -0.438 e. The van der Waals surface area contributed by atoms with E-state index in [-0.39, 0.29) is 12.1 Å². The van der Waals surface area contributed by atoms with Gasteiger partial charge in [0.25, 0.3) is 0 Å². The molecular formula is C24H27N3O3. The molecule has 0 unspecified atom stereocenters. The van der Waals surface area contributed by atoms with Gasteiger partial charge in [-0.1, -0.05) is 60.2 Å². The van der Waals surface area contributed by atoms with E-state index in [1.54, 1.807) is 6.92 Å². The van der Waals surface area contributed by atoms with E-state index in [1.807, 2.05) is 42.2 Å². The van der Waals surface area contributed by atoms with E-state index < -0.39 is 5.60 Å². The predicted molar refractivity (Wildman–Crippen MR) is 113 cm³/mol. The fourth-order valence-corrected chi connectivity index (χ4v) is 4.06. The lowest BCUT2D eigenvalue weighted by molar-refractivity contribution is -0.0660. The van der Waals surface area contributed by atoms with Crippen LogP contribution in [0, 0.1) is 13.8 Å². The van der Waals surface area contributed by atoms with Crippen LogP contribution in [0.25, 0.3) is 0 Å². The van der Waals surface area contributed by atoms with E-state index in [9.17, 15) is 4.79 Å². The van der Waals surface area contributed by atoms with Crippen LogP contribution >= 0.6 is 0 Å². The third-order valence-electron chi connectivity index (χ3n) is 5.91. The van der Waals surface area contributed by atoms with Gasteiger partial charge in [-0.05, 0) is 25.0 Å². The number of aryl methyl sites for hydroxylation is 3. The van der Waals surface area contributed by atoms with Gasteiger partial charge in [0.05, 0.1) is 6.04 Å². The van der Waals surface area contributed by atoms with Crippen molar-refractivity contribution in [2.75, 3.05) is 6.54 Å². The molecule has 0 aliphatic carbocycles. The lowest BCUT2D eigenvalue weighted by Gasteiger charge is -2.43. The van der Waals surface area contributed by atoms with Crippen molar-refractivity contribution < 1.29 is 13.9 Å². The van der Waals surface area contributed by atoms with Gasteiger partial charge in [0.15, 0.2) is 0 Å². The zero-order valence-electron chi connectivity index (χ0n) is 17.7. The van der Waals surface area contributed by atoms with Crippen molar-refractivity contribution in [3.05, 3.63) is 83.1 Å². The molecule has 3 aromatic rings. The summed E-state index contributed by atoms with van der Waals surface area (Å²) in [7, 11) is 0. The predicted octanol–water partition coefficient (Wildman–Crippen LogP) is 5.12. The Labute approximate surface area is 176 Å². The number of carbonyl (C=O) groups is 1. The Bertz CT molecular complexity index is 1000. The number of cyclic esters (lactones) is 1. The number of carbonyl (C=O) groups excluding carboxylic acids is 1. The molecule has 2 heterocycles. The van der Waals surface area contributed by atoms with E-state index in [2.05, 4.69) is 41.4 Å². The fraction of sp³-hybridized carbons (Fsp3) is 0.375. The summed E-state index contributed by atoms with van der Waals surface area (Å²) in [6, 6.07) is 18.2. The van der Waals surface area contributed by atoms with Crippen molar-refractivity contribution in [3.8, 4) is 0 Å². The zero-order valence-corrected chi connectivity index (χ0v) is 17.7. The molecule has 2 atom stereocenters. The van der Waals surface area contributed by atoms with Crippen molar-refractivity contribution in [2.45, 2.75) is 51.7 Å². The second-order valence-electron chi connectivity index (χ2n) is 7.97. The molecule has 1 aliphatic heterocycles. The molecule has 0 spiro atoms. The lowest BCUT2D eigenvalue weighted by atomic mass is 9.84. The molecule has 1 amide bonds. The number of aromatic nitrogens is 2. The summed E-state index contributed by atoms with van der Waals surface area (Å²) in [5.74, 6) is 1.10. The standard InChI is InChI=1S/C24H27N3O3/c1-17-9-11-20(12-10-17)18(2)27-16-15-24(30-23(27)28,21-7-5-4-6-8-21)14-13-22-26-25-19(3)29-22/h4-12,18H,13-16H2,1-3H3/t18-,24+/m0/s1. The minimum absolute atomic E-state index is 0.0505. The molecule has 6 heteroatoms. The monoisotopic (exact) mass is 405 g/mol. The number of ether oxygens (including phenoxy) is 1. The smallest absolute Gasteiger partial charge is 0.411 e. The van der Waals surface area contributed by atoms with E-state index in [4.69, 9.17) is 9.15 Å². The third-order valence-corrected chi connectivity index (χ3v) is 5.91. The molecule has 30 heavy (non-hydrogen) atoms. The van der Waals surface area contributed by atoms with Gasteiger partial charge < -0.3 is 14.1 Å². The molecule has 1 aromatic heterocycles. The molecule has 0 bridgehead atoms. The Hall–Kier alpha value is -3.15. The molecule has 0 radical (unpaired) electrons. The van der Waals surface area contributed by atoms with Gasteiger partial charge in [-0.3, -0.25) is 0 Å². The highest BCUT2D eigenvalue weighted by atomic mass is 16.6. The SMILES string of the molecule is Cc1ccc([C@H](C)N2CC[C@](CCc3nnc(C)o3)(c3ccccc3)OC2=O)cc1. The summed E-state index contributed by atoms with van der Waals surface area (Å²) >= 11 is 0. The van der Waals surface area contributed by atoms with Gasteiger partial charge >= 0.3 is 6.09 Å². The van der Waals surface area contributed by atoms with Crippen molar-refractivity contribution in [1.29, 1.82) is 0 Å². The first-order valence-corrected chi connectivity index (χ1v) is 10.4. The molecule has 1 aliphatic rings. The van der Waals surface area contributed by atoms with Gasteiger partial charge in [0.2, 0.25) is 11.8 Å². The summed E-state index contributed by atoms with van der Waals surface area (Å²) in [4.78, 5) is 14.9. The molecule has 1 fully saturated rings. The van der Waals surface area contributed by atoms with Crippen molar-refractivity contribution in [1.82, 2.24) is 15.1 Å². The van der Waals surface area contributed by atoms with Crippen molar-refractivity contribution in [2.24, 2.45) is 0 Å². The zero-order chi connectivity index (χ0) is 21.1. The van der Waals surface area contributed by atoms with Crippen molar-refractivity contribution >= 4 is 6.09 Å². The van der Waals surface area contributed by atoms with Gasteiger partial charge in [-0.2, -0.15) is 0 Å². The second-order valence-corrected chi connectivity index (χ2v) is 7.97. The van der Waals surface area contributed by atoms with Gasteiger partial charge in [0, 0.05) is 32.7 Å². The number of rotatable bonds is 6. The maximum absolute atomic E-state index is 13.1. The largest absolute Gasteiger partial charge is 0.438 e. The molecule has 0 N–H and O–H groups in total. The van der Waals surface area contributed by atoms with Crippen molar-refractivity contribution in [3.63, 3.8) is 0 Å². The Morgan fingerprint density at radius 1 is 1.07 bits per heavy atom. The molecule has 156 valence electrons. The average molecular weight is 405 g/mol. The van der Waals surface area contributed by atoms with Gasteiger partial charge in [-0.15, -0.1) is 10.2 Å². The molecule has 0 saturated carbocycles. The summed E-state index contributed by atoms with van der Waals surface area (Å²) in [6.45, 7) is 6.49. The average Bonchev–Trinajstić information content (AvgIpc) is 3.18. The normalized spacial score (nSPS) is 20.1. The van der Waals surface area contributed by atoms with Gasteiger partial charge in [0.1, 0.15) is 5.60 Å². The van der Waals surface area contributed by atoms with Gasteiger partial charge in [-0.25, -0.2) is 4.79 Å². The molecular weight excluding hydrogens is 378 g/mol. The van der Waals surface area contributed by atoms with E-state index in [0.717, 1.165) is 11.1 Å². The highest BCUT2D eigenvalue weighted by Crippen LogP contribution is 2.40. The first-order valence-electron chi connectivity index (χ1n) is 10.4. The highest BCUT2D eigenvalue weighted by molar-refractivity contribution is 5.70. The van der Waals surface area contributed by atoms with Crippen LogP contribution in [0.4, 0.5) is 4.79 Å². The summed E-state index contributed by atoms with van der Waals surface area (Å²) in [6.07, 6.45) is 1.56. The number of hydrogen-bond acceptors (Lipinski definition) is 5. The molecule has 6 nitrogen and oxygen atoms in total. The summed E-state index contributed by atoms with van der Waals surface area (Å²) in [5.41, 5.74) is 2.60. The number of amides is 1. The Kier molecular flexibility index (Phi) is 5.57. The van der Waals surface area contributed by atoms with E-state index in [1.165, 1.54) is 5.56 Å². The van der Waals surface area contributed by atoms with Crippen LogP contribution in [0.1, 0.15) is 54.3 Å². The maximum Gasteiger partial charge on any atom is 0.411 e. The van der Waals surface area contributed by atoms with Crippen LogP contribution in [-0.2, 0) is 16.8 Å². The van der Waals surface area contributed by atoms with Crippen LogP contribution < -0.4 is 0 Å². The highest BCUT2D eigenvalue weighted by Gasteiger charge is 2.43. The summed E-state index contributed by atoms with van der Waals surface area (Å²) in [5, 5.41) is 8.00. The number of hydrogen-bond donors (Lipinski definition) is 0. The van der Waals surface area contributed by atoms with Crippen LogP contribution in [0.3, 0.4) is 0 Å². The second kappa shape index (κ2) is 8.30. The topological polar surface area (TPSA) is 68.5 Å². The molecule has 2 aromatic carbocycles. The molecule has 1 saturated heterocycles. The number of benzene rings is 2. The van der Waals surface area contributed by atoms with Crippen LogP contribution in [0.2, 0.25) is 0 Å². The molecule has 4 rings (SSSR count). The van der Waals surface area contributed by atoms with E-state index >= 15 is 0 Å². The third kappa shape index (κ3) is 4.08. The first kappa shape index (κ1) is 20.1. The summed E-state index contributed by atoms with van der Waals surface area (Å²) < 4.78 is 11.7. The van der Waals surface area contributed by atoms with Crippen LogP contribution in [0.15, 0.2) is 59.0 Å². The van der Waals surface area contributed by atoms with Crippen LogP contribution in [0.5, 0.6) is 0 Å². The van der Waals surface area contributed by atoms with Crippen LogP contribution in [-0.4, -0.2) is 27.7 Å². The first-order chi connectivity index (χ1) is 14.5. The Morgan fingerprint density at radius 3 is 2.43 bits per heavy atom. The lowest BCUT2D eigenvalue weighted by Crippen LogP contribution is -2.49. The Morgan fingerprint density at radius 2 is 1.80 bits per heavy atom. The Balaban J connectivity index is 1.55. The quantitative estimate of drug-likeness (QED) is 0.569. The number of nitrogens with zero attached hydrogens (tertiary/aromatic N) is 3.